The standard InChI is InChI=1S/C19H23N3O2.ClH/c1-20-13-12-18(23)22-17-9-7-16(8-10-17)19(24)21-14-11-15-5-3-2-4-6-15;/h2-10,20H,11-14H2,1H3,(H,21,24)(H,22,23);1H. The molecule has 0 aliphatic carbocycles. The minimum atomic E-state index is -0.112. The van der Waals surface area contributed by atoms with E-state index in [0.717, 1.165) is 6.42 Å². The zero-order valence-corrected chi connectivity index (χ0v) is 15.1. The van der Waals surface area contributed by atoms with Crippen LogP contribution in [0.5, 0.6) is 0 Å². The van der Waals surface area contributed by atoms with E-state index in [9.17, 15) is 9.59 Å². The maximum Gasteiger partial charge on any atom is 0.251 e. The van der Waals surface area contributed by atoms with Crippen LogP contribution in [0.25, 0.3) is 0 Å². The lowest BCUT2D eigenvalue weighted by Crippen LogP contribution is -2.25. The average Bonchev–Trinajstić information content (AvgIpc) is 2.61. The third-order valence-corrected chi connectivity index (χ3v) is 3.57. The van der Waals surface area contributed by atoms with Crippen LogP contribution in [0.1, 0.15) is 22.3 Å². The van der Waals surface area contributed by atoms with E-state index in [1.54, 1.807) is 31.3 Å². The SMILES string of the molecule is CNCCC(=O)Nc1ccc(C(=O)NCCc2ccccc2)cc1.Cl. The van der Waals surface area contributed by atoms with E-state index in [4.69, 9.17) is 0 Å². The Balaban J connectivity index is 0.00000312. The van der Waals surface area contributed by atoms with Crippen molar-refractivity contribution in [1.29, 1.82) is 0 Å². The van der Waals surface area contributed by atoms with Gasteiger partial charge in [-0.05, 0) is 43.3 Å². The quantitative estimate of drug-likeness (QED) is 0.677. The van der Waals surface area contributed by atoms with Gasteiger partial charge in [-0.1, -0.05) is 30.3 Å². The third-order valence-electron chi connectivity index (χ3n) is 3.57. The molecule has 2 aromatic rings. The molecule has 0 saturated carbocycles. The molecule has 0 spiro atoms. The molecule has 0 saturated heterocycles. The fraction of sp³-hybridized carbons (Fsp3) is 0.263. The van der Waals surface area contributed by atoms with Gasteiger partial charge in [-0.2, -0.15) is 0 Å². The van der Waals surface area contributed by atoms with Crippen molar-refractivity contribution in [1.82, 2.24) is 10.6 Å². The summed E-state index contributed by atoms with van der Waals surface area (Å²) in [6.45, 7) is 1.22. The van der Waals surface area contributed by atoms with Gasteiger partial charge >= 0.3 is 0 Å². The minimum absolute atomic E-state index is 0. The molecule has 134 valence electrons. The predicted molar refractivity (Wildman–Crippen MR) is 103 cm³/mol. The van der Waals surface area contributed by atoms with Crippen molar-refractivity contribution in [2.45, 2.75) is 12.8 Å². The highest BCUT2D eigenvalue weighted by atomic mass is 35.5. The van der Waals surface area contributed by atoms with Crippen LogP contribution in [0, 0.1) is 0 Å². The lowest BCUT2D eigenvalue weighted by molar-refractivity contribution is -0.116. The maximum atomic E-state index is 12.1. The van der Waals surface area contributed by atoms with Gasteiger partial charge < -0.3 is 16.0 Å². The highest BCUT2D eigenvalue weighted by Gasteiger charge is 2.06. The van der Waals surface area contributed by atoms with Crippen LogP contribution >= 0.6 is 12.4 Å². The molecule has 0 aliphatic heterocycles. The number of anilines is 1. The summed E-state index contributed by atoms with van der Waals surface area (Å²) in [4.78, 5) is 23.7. The van der Waals surface area contributed by atoms with E-state index in [0.29, 0.717) is 30.8 Å². The first-order valence-electron chi connectivity index (χ1n) is 8.05. The van der Waals surface area contributed by atoms with Crippen LogP contribution < -0.4 is 16.0 Å². The molecule has 6 heteroatoms. The fourth-order valence-electron chi connectivity index (χ4n) is 2.23. The summed E-state index contributed by atoms with van der Waals surface area (Å²) in [5, 5.41) is 8.62. The monoisotopic (exact) mass is 361 g/mol. The largest absolute Gasteiger partial charge is 0.352 e. The molecule has 25 heavy (non-hydrogen) atoms. The molecule has 0 aromatic heterocycles. The lowest BCUT2D eigenvalue weighted by atomic mass is 10.1. The Morgan fingerprint density at radius 2 is 1.60 bits per heavy atom. The van der Waals surface area contributed by atoms with Crippen molar-refractivity contribution in [3.05, 3.63) is 65.7 Å². The van der Waals surface area contributed by atoms with Crippen LogP contribution in [-0.2, 0) is 11.2 Å². The summed E-state index contributed by atoms with van der Waals surface area (Å²) in [5.74, 6) is -0.164. The highest BCUT2D eigenvalue weighted by molar-refractivity contribution is 5.95. The number of benzene rings is 2. The lowest BCUT2D eigenvalue weighted by Gasteiger charge is -2.08. The first-order chi connectivity index (χ1) is 11.7. The molecule has 5 nitrogen and oxygen atoms in total. The summed E-state index contributed by atoms with van der Waals surface area (Å²) < 4.78 is 0. The van der Waals surface area contributed by atoms with Crippen molar-refractivity contribution in [2.24, 2.45) is 0 Å². The van der Waals surface area contributed by atoms with E-state index >= 15 is 0 Å². The Morgan fingerprint density at radius 3 is 2.24 bits per heavy atom. The van der Waals surface area contributed by atoms with Crippen LogP contribution in [-0.4, -0.2) is 32.0 Å². The van der Waals surface area contributed by atoms with Gasteiger partial charge in [0.05, 0.1) is 0 Å². The van der Waals surface area contributed by atoms with E-state index in [2.05, 4.69) is 16.0 Å². The maximum absolute atomic E-state index is 12.1. The van der Waals surface area contributed by atoms with Crippen molar-refractivity contribution in [3.63, 3.8) is 0 Å². The second-order valence-corrected chi connectivity index (χ2v) is 5.47. The molecule has 3 N–H and O–H groups in total. The first-order valence-corrected chi connectivity index (χ1v) is 8.05. The molecular formula is C19H24ClN3O2. The number of hydrogen-bond acceptors (Lipinski definition) is 3. The van der Waals surface area contributed by atoms with Crippen molar-refractivity contribution < 1.29 is 9.59 Å². The fourth-order valence-corrected chi connectivity index (χ4v) is 2.23. The second kappa shape index (κ2) is 11.2. The van der Waals surface area contributed by atoms with E-state index in [1.807, 2.05) is 30.3 Å². The van der Waals surface area contributed by atoms with E-state index < -0.39 is 0 Å². The van der Waals surface area contributed by atoms with Gasteiger partial charge in [-0.3, -0.25) is 9.59 Å². The summed E-state index contributed by atoms with van der Waals surface area (Å²) in [6, 6.07) is 16.9. The minimum Gasteiger partial charge on any atom is -0.352 e. The number of amides is 2. The van der Waals surface area contributed by atoms with Crippen LogP contribution in [0.15, 0.2) is 54.6 Å². The number of nitrogens with one attached hydrogen (secondary N) is 3. The molecular weight excluding hydrogens is 338 g/mol. The molecule has 0 radical (unpaired) electrons. The van der Waals surface area contributed by atoms with Crippen molar-refractivity contribution in [2.75, 3.05) is 25.5 Å². The smallest absolute Gasteiger partial charge is 0.251 e. The number of halogens is 1. The third kappa shape index (κ3) is 7.37. The Labute approximate surface area is 154 Å². The number of carbonyl (C=O) groups is 2. The van der Waals surface area contributed by atoms with Crippen molar-refractivity contribution >= 4 is 29.9 Å². The zero-order valence-electron chi connectivity index (χ0n) is 14.2. The predicted octanol–water partition coefficient (Wildman–Crippen LogP) is 2.63. The molecule has 0 fully saturated rings. The van der Waals surface area contributed by atoms with Gasteiger partial charge in [-0.25, -0.2) is 0 Å². The summed E-state index contributed by atoms with van der Waals surface area (Å²) >= 11 is 0. The molecule has 0 heterocycles. The molecule has 0 aliphatic rings. The summed E-state index contributed by atoms with van der Waals surface area (Å²) in [5.41, 5.74) is 2.46. The van der Waals surface area contributed by atoms with E-state index in [-0.39, 0.29) is 24.2 Å². The van der Waals surface area contributed by atoms with Gasteiger partial charge in [0, 0.05) is 30.8 Å². The molecule has 2 aromatic carbocycles. The van der Waals surface area contributed by atoms with Gasteiger partial charge in [-0.15, -0.1) is 12.4 Å². The molecule has 0 bridgehead atoms. The Kier molecular flexibility index (Phi) is 9.29. The van der Waals surface area contributed by atoms with E-state index in [1.165, 1.54) is 5.56 Å². The summed E-state index contributed by atoms with van der Waals surface area (Å²) in [6.07, 6.45) is 1.21. The first kappa shape index (κ1) is 20.7. The Bertz CT molecular complexity index is 660. The Hall–Kier alpha value is -2.37. The number of rotatable bonds is 8. The van der Waals surface area contributed by atoms with Gasteiger partial charge in [0.2, 0.25) is 5.91 Å². The number of hydrogen-bond donors (Lipinski definition) is 3. The second-order valence-electron chi connectivity index (χ2n) is 5.47. The summed E-state index contributed by atoms with van der Waals surface area (Å²) in [7, 11) is 1.80. The molecule has 2 rings (SSSR count). The van der Waals surface area contributed by atoms with Crippen molar-refractivity contribution in [3.8, 4) is 0 Å². The molecule has 0 atom stereocenters. The Morgan fingerprint density at radius 1 is 0.920 bits per heavy atom. The zero-order chi connectivity index (χ0) is 17.2. The highest BCUT2D eigenvalue weighted by Crippen LogP contribution is 2.10. The molecule has 2 amide bonds. The topological polar surface area (TPSA) is 70.2 Å². The van der Waals surface area contributed by atoms with Crippen LogP contribution in [0.2, 0.25) is 0 Å². The van der Waals surface area contributed by atoms with Gasteiger partial charge in [0.1, 0.15) is 0 Å². The number of carbonyl (C=O) groups excluding carboxylic acids is 2. The molecule has 0 unspecified atom stereocenters. The average molecular weight is 362 g/mol. The normalized spacial score (nSPS) is 9.80. The van der Waals surface area contributed by atoms with Crippen LogP contribution in [0.4, 0.5) is 5.69 Å². The van der Waals surface area contributed by atoms with Gasteiger partial charge in [0.25, 0.3) is 5.91 Å². The van der Waals surface area contributed by atoms with Crippen LogP contribution in [0.3, 0.4) is 0 Å². The van der Waals surface area contributed by atoms with Gasteiger partial charge in [0.15, 0.2) is 0 Å².